The normalized spacial score (nSPS) is 16.9. The SMILES string of the molecule is CCOc1ccc(CN2CCN(C(=O)c3cccc(NC(=O)C4CC4)c3)CC2)cc1. The Morgan fingerprint density at radius 3 is 2.43 bits per heavy atom. The molecule has 0 spiro atoms. The molecule has 0 aromatic heterocycles. The predicted molar refractivity (Wildman–Crippen MR) is 117 cm³/mol. The Bertz CT molecular complexity index is 885. The van der Waals surface area contributed by atoms with Crippen LogP contribution in [0.5, 0.6) is 5.75 Å². The first-order valence-electron chi connectivity index (χ1n) is 10.8. The number of carbonyl (C=O) groups is 2. The molecule has 1 aliphatic heterocycles. The number of hydrogen-bond acceptors (Lipinski definition) is 4. The summed E-state index contributed by atoms with van der Waals surface area (Å²) < 4.78 is 5.50. The minimum Gasteiger partial charge on any atom is -0.494 e. The van der Waals surface area contributed by atoms with Gasteiger partial charge in [-0.1, -0.05) is 18.2 Å². The van der Waals surface area contributed by atoms with E-state index in [2.05, 4.69) is 22.3 Å². The molecule has 2 aromatic rings. The van der Waals surface area contributed by atoms with E-state index in [4.69, 9.17) is 4.74 Å². The van der Waals surface area contributed by atoms with Gasteiger partial charge in [0.15, 0.2) is 0 Å². The summed E-state index contributed by atoms with van der Waals surface area (Å²) in [6.45, 7) is 6.62. The van der Waals surface area contributed by atoms with Gasteiger partial charge in [-0.3, -0.25) is 14.5 Å². The highest BCUT2D eigenvalue weighted by atomic mass is 16.5. The van der Waals surface area contributed by atoms with E-state index in [1.807, 2.05) is 42.2 Å². The zero-order chi connectivity index (χ0) is 20.9. The summed E-state index contributed by atoms with van der Waals surface area (Å²) in [5.41, 5.74) is 2.58. The fourth-order valence-corrected chi connectivity index (χ4v) is 3.73. The maximum Gasteiger partial charge on any atom is 0.254 e. The highest BCUT2D eigenvalue weighted by molar-refractivity contribution is 5.98. The average Bonchev–Trinajstić information content (AvgIpc) is 3.61. The van der Waals surface area contributed by atoms with Crippen LogP contribution in [0.4, 0.5) is 5.69 Å². The molecule has 0 unspecified atom stereocenters. The summed E-state index contributed by atoms with van der Waals surface area (Å²) in [6, 6.07) is 15.5. The van der Waals surface area contributed by atoms with E-state index < -0.39 is 0 Å². The van der Waals surface area contributed by atoms with Crippen LogP contribution in [-0.4, -0.2) is 54.4 Å². The zero-order valence-electron chi connectivity index (χ0n) is 17.5. The number of benzene rings is 2. The van der Waals surface area contributed by atoms with Crippen LogP contribution in [0, 0.1) is 5.92 Å². The van der Waals surface area contributed by atoms with Gasteiger partial charge < -0.3 is 15.0 Å². The van der Waals surface area contributed by atoms with Crippen molar-refractivity contribution >= 4 is 17.5 Å². The second-order valence-electron chi connectivity index (χ2n) is 7.99. The summed E-state index contributed by atoms with van der Waals surface area (Å²) in [6.07, 6.45) is 1.93. The van der Waals surface area contributed by atoms with Gasteiger partial charge >= 0.3 is 0 Å². The molecular weight excluding hydrogens is 378 g/mol. The summed E-state index contributed by atoms with van der Waals surface area (Å²) in [5, 5.41) is 2.92. The zero-order valence-corrected chi connectivity index (χ0v) is 17.5. The van der Waals surface area contributed by atoms with Crippen molar-refractivity contribution in [3.05, 3.63) is 59.7 Å². The minimum absolute atomic E-state index is 0.0261. The molecule has 6 heteroatoms. The van der Waals surface area contributed by atoms with E-state index in [-0.39, 0.29) is 17.7 Å². The van der Waals surface area contributed by atoms with Gasteiger partial charge in [0.2, 0.25) is 5.91 Å². The van der Waals surface area contributed by atoms with Crippen molar-refractivity contribution in [2.75, 3.05) is 38.1 Å². The Kier molecular flexibility index (Phi) is 6.33. The molecule has 1 saturated heterocycles. The third-order valence-electron chi connectivity index (χ3n) is 5.63. The Labute approximate surface area is 177 Å². The number of piperazine rings is 1. The maximum atomic E-state index is 12.9. The highest BCUT2D eigenvalue weighted by Crippen LogP contribution is 2.30. The number of rotatable bonds is 7. The Hall–Kier alpha value is -2.86. The van der Waals surface area contributed by atoms with Gasteiger partial charge in [-0.05, 0) is 55.7 Å². The minimum atomic E-state index is 0.0261. The van der Waals surface area contributed by atoms with Crippen LogP contribution < -0.4 is 10.1 Å². The third-order valence-corrected chi connectivity index (χ3v) is 5.63. The molecule has 0 radical (unpaired) electrons. The molecule has 0 atom stereocenters. The Morgan fingerprint density at radius 2 is 1.77 bits per heavy atom. The van der Waals surface area contributed by atoms with Crippen molar-refractivity contribution in [2.45, 2.75) is 26.3 Å². The second-order valence-corrected chi connectivity index (χ2v) is 7.99. The number of nitrogens with zero attached hydrogens (tertiary/aromatic N) is 2. The lowest BCUT2D eigenvalue weighted by atomic mass is 10.1. The second kappa shape index (κ2) is 9.30. The number of ether oxygens (including phenoxy) is 1. The first kappa shape index (κ1) is 20.4. The van der Waals surface area contributed by atoms with Crippen LogP contribution in [0.15, 0.2) is 48.5 Å². The Morgan fingerprint density at radius 1 is 1.03 bits per heavy atom. The molecule has 4 rings (SSSR count). The molecule has 1 N–H and O–H groups in total. The van der Waals surface area contributed by atoms with E-state index in [1.165, 1.54) is 5.56 Å². The van der Waals surface area contributed by atoms with Crippen LogP contribution in [0.25, 0.3) is 0 Å². The molecule has 2 aromatic carbocycles. The van der Waals surface area contributed by atoms with E-state index in [9.17, 15) is 9.59 Å². The van der Waals surface area contributed by atoms with Gasteiger partial charge in [0.05, 0.1) is 6.61 Å². The number of hydrogen-bond donors (Lipinski definition) is 1. The molecular formula is C24H29N3O3. The molecule has 2 amide bonds. The number of anilines is 1. The number of carbonyl (C=O) groups excluding carboxylic acids is 2. The van der Waals surface area contributed by atoms with Gasteiger partial charge in [0.1, 0.15) is 5.75 Å². The largest absolute Gasteiger partial charge is 0.494 e. The highest BCUT2D eigenvalue weighted by Gasteiger charge is 2.29. The first-order chi connectivity index (χ1) is 14.6. The van der Waals surface area contributed by atoms with Crippen molar-refractivity contribution in [3.8, 4) is 5.75 Å². The molecule has 2 aliphatic rings. The van der Waals surface area contributed by atoms with Gasteiger partial charge in [-0.15, -0.1) is 0 Å². The van der Waals surface area contributed by atoms with Gasteiger partial charge in [-0.2, -0.15) is 0 Å². The van der Waals surface area contributed by atoms with Crippen LogP contribution in [0.1, 0.15) is 35.7 Å². The fourth-order valence-electron chi connectivity index (χ4n) is 3.73. The van der Waals surface area contributed by atoms with Gasteiger partial charge in [0.25, 0.3) is 5.91 Å². The number of amides is 2. The topological polar surface area (TPSA) is 61.9 Å². The smallest absolute Gasteiger partial charge is 0.254 e. The Balaban J connectivity index is 1.29. The summed E-state index contributed by atoms with van der Waals surface area (Å²) >= 11 is 0. The fraction of sp³-hybridized carbons (Fsp3) is 0.417. The average molecular weight is 408 g/mol. The van der Waals surface area contributed by atoms with Crippen molar-refractivity contribution in [1.82, 2.24) is 9.80 Å². The van der Waals surface area contributed by atoms with Crippen LogP contribution in [0.3, 0.4) is 0 Å². The van der Waals surface area contributed by atoms with Crippen LogP contribution in [-0.2, 0) is 11.3 Å². The molecule has 1 heterocycles. The molecule has 0 bridgehead atoms. The lowest BCUT2D eigenvalue weighted by Gasteiger charge is -2.34. The molecule has 1 aliphatic carbocycles. The molecule has 2 fully saturated rings. The predicted octanol–water partition coefficient (Wildman–Crippen LogP) is 3.39. The van der Waals surface area contributed by atoms with Crippen LogP contribution >= 0.6 is 0 Å². The van der Waals surface area contributed by atoms with E-state index in [0.29, 0.717) is 30.9 Å². The van der Waals surface area contributed by atoms with Crippen molar-refractivity contribution in [3.63, 3.8) is 0 Å². The van der Waals surface area contributed by atoms with Gasteiger partial charge in [0, 0.05) is 49.9 Å². The van der Waals surface area contributed by atoms with Gasteiger partial charge in [-0.25, -0.2) is 0 Å². The lowest BCUT2D eigenvalue weighted by Crippen LogP contribution is -2.48. The quantitative estimate of drug-likeness (QED) is 0.764. The van der Waals surface area contributed by atoms with E-state index >= 15 is 0 Å². The van der Waals surface area contributed by atoms with Crippen LogP contribution in [0.2, 0.25) is 0 Å². The number of nitrogens with one attached hydrogen (secondary N) is 1. The summed E-state index contributed by atoms with van der Waals surface area (Å²) in [7, 11) is 0. The molecule has 158 valence electrons. The molecule has 6 nitrogen and oxygen atoms in total. The monoisotopic (exact) mass is 407 g/mol. The lowest BCUT2D eigenvalue weighted by molar-refractivity contribution is -0.117. The molecule has 1 saturated carbocycles. The van der Waals surface area contributed by atoms with Crippen molar-refractivity contribution in [2.24, 2.45) is 5.92 Å². The standard InChI is InChI=1S/C24H29N3O3/c1-2-30-22-10-6-18(7-11-22)17-26-12-14-27(15-13-26)24(29)20-4-3-5-21(16-20)25-23(28)19-8-9-19/h3-7,10-11,16,19H,2,8-9,12-15,17H2,1H3,(H,25,28). The van der Waals surface area contributed by atoms with E-state index in [1.54, 1.807) is 6.07 Å². The van der Waals surface area contributed by atoms with Crippen molar-refractivity contribution < 1.29 is 14.3 Å². The van der Waals surface area contributed by atoms with Crippen molar-refractivity contribution in [1.29, 1.82) is 0 Å². The molecule has 30 heavy (non-hydrogen) atoms. The summed E-state index contributed by atoms with van der Waals surface area (Å²) in [4.78, 5) is 29.2. The third kappa shape index (κ3) is 5.19. The van der Waals surface area contributed by atoms with E-state index in [0.717, 1.165) is 38.2 Å². The maximum absolute atomic E-state index is 12.9. The first-order valence-corrected chi connectivity index (χ1v) is 10.8. The summed E-state index contributed by atoms with van der Waals surface area (Å²) in [5.74, 6) is 1.13.